The highest BCUT2D eigenvalue weighted by atomic mass is 32.2. The van der Waals surface area contributed by atoms with Crippen LogP contribution in [0.2, 0.25) is 0 Å². The molecule has 136 valence electrons. The minimum atomic E-state index is 0.798. The van der Waals surface area contributed by atoms with Gasteiger partial charge in [-0.05, 0) is 58.4 Å². The van der Waals surface area contributed by atoms with Crippen molar-refractivity contribution in [2.45, 2.75) is 53.4 Å². The smallest absolute Gasteiger partial charge is 0.150 e. The molecule has 1 heterocycles. The molecule has 5 heteroatoms. The fraction of sp³-hybridized carbons (Fsp3) is 0.500. The number of nitrogens with one attached hydrogen (secondary N) is 1. The molecule has 1 aromatic carbocycles. The van der Waals surface area contributed by atoms with Gasteiger partial charge in [-0.3, -0.25) is 0 Å². The highest BCUT2D eigenvalue weighted by Gasteiger charge is 2.18. The van der Waals surface area contributed by atoms with E-state index in [1.807, 2.05) is 6.92 Å². The van der Waals surface area contributed by atoms with Crippen molar-refractivity contribution in [1.29, 1.82) is 0 Å². The Labute approximate surface area is 156 Å². The van der Waals surface area contributed by atoms with Crippen LogP contribution < -0.4 is 10.2 Å². The van der Waals surface area contributed by atoms with Gasteiger partial charge >= 0.3 is 0 Å². The van der Waals surface area contributed by atoms with Crippen molar-refractivity contribution in [2.24, 2.45) is 0 Å². The van der Waals surface area contributed by atoms with E-state index in [0.29, 0.717) is 0 Å². The van der Waals surface area contributed by atoms with Gasteiger partial charge in [0.05, 0.1) is 4.90 Å². The van der Waals surface area contributed by atoms with Gasteiger partial charge in [-0.2, -0.15) is 0 Å². The minimum absolute atomic E-state index is 0.798. The number of thioether (sulfide) groups is 1. The van der Waals surface area contributed by atoms with E-state index < -0.39 is 0 Å². The van der Waals surface area contributed by atoms with Crippen LogP contribution in [-0.4, -0.2) is 28.8 Å². The van der Waals surface area contributed by atoms with Gasteiger partial charge in [0.25, 0.3) is 0 Å². The molecule has 0 unspecified atom stereocenters. The summed E-state index contributed by atoms with van der Waals surface area (Å²) in [5, 5.41) is 3.61. The Balaban J connectivity index is 2.57. The molecule has 0 spiro atoms. The average molecular weight is 359 g/mol. The van der Waals surface area contributed by atoms with Crippen LogP contribution in [0.1, 0.15) is 43.3 Å². The Hall–Kier alpha value is -1.75. The van der Waals surface area contributed by atoms with E-state index in [9.17, 15) is 0 Å². The molecule has 1 aromatic heterocycles. The lowest BCUT2D eigenvalue weighted by Gasteiger charge is -2.25. The zero-order chi connectivity index (χ0) is 18.6. The average Bonchev–Trinajstić information content (AvgIpc) is 2.54. The molecule has 0 atom stereocenters. The lowest BCUT2D eigenvalue weighted by molar-refractivity contribution is 0.818. The van der Waals surface area contributed by atoms with Crippen LogP contribution >= 0.6 is 11.8 Å². The Kier molecular flexibility index (Phi) is 6.71. The summed E-state index contributed by atoms with van der Waals surface area (Å²) in [7, 11) is 0. The first-order chi connectivity index (χ1) is 11.9. The third-order valence-corrected chi connectivity index (χ3v) is 5.18. The SMILES string of the molecule is CCSc1c(Nc2c(C)cc(C)cc2C)nc(C)nc1N(CC)CC. The number of aromatic nitrogens is 2. The number of hydrogen-bond donors (Lipinski definition) is 1. The van der Waals surface area contributed by atoms with Gasteiger partial charge in [0.1, 0.15) is 17.5 Å². The minimum Gasteiger partial charge on any atom is -0.356 e. The second kappa shape index (κ2) is 8.56. The summed E-state index contributed by atoms with van der Waals surface area (Å²) < 4.78 is 0. The molecular weight excluding hydrogens is 328 g/mol. The van der Waals surface area contributed by atoms with Crippen LogP contribution in [0, 0.1) is 27.7 Å². The van der Waals surface area contributed by atoms with Crippen molar-refractivity contribution < 1.29 is 0 Å². The number of benzene rings is 1. The second-order valence-corrected chi connectivity index (χ2v) is 7.55. The standard InChI is InChI=1S/C20H30N4S/c1-8-24(9-2)20-18(25-10-3)19(21-16(7)22-20)23-17-14(5)11-13(4)12-15(17)6/h11-12H,8-10H2,1-7H3,(H,21,22,23). The molecule has 0 bridgehead atoms. The second-order valence-electron chi connectivity index (χ2n) is 6.28. The van der Waals surface area contributed by atoms with Crippen LogP contribution in [0.4, 0.5) is 17.3 Å². The summed E-state index contributed by atoms with van der Waals surface area (Å²) in [6.45, 7) is 16.8. The number of rotatable bonds is 7. The molecule has 0 fully saturated rings. The van der Waals surface area contributed by atoms with Crippen molar-refractivity contribution >= 4 is 29.1 Å². The molecule has 0 saturated heterocycles. The van der Waals surface area contributed by atoms with Gasteiger partial charge < -0.3 is 10.2 Å². The van der Waals surface area contributed by atoms with Crippen molar-refractivity contribution in [3.8, 4) is 0 Å². The van der Waals surface area contributed by atoms with E-state index in [2.05, 4.69) is 63.9 Å². The maximum Gasteiger partial charge on any atom is 0.150 e. The van der Waals surface area contributed by atoms with Gasteiger partial charge in [0.15, 0.2) is 0 Å². The van der Waals surface area contributed by atoms with E-state index >= 15 is 0 Å². The molecule has 0 amide bonds. The largest absolute Gasteiger partial charge is 0.356 e. The van der Waals surface area contributed by atoms with E-state index in [4.69, 9.17) is 9.97 Å². The molecule has 0 radical (unpaired) electrons. The third kappa shape index (κ3) is 4.46. The lowest BCUT2D eigenvalue weighted by atomic mass is 10.1. The van der Waals surface area contributed by atoms with Crippen LogP contribution in [0.3, 0.4) is 0 Å². The highest BCUT2D eigenvalue weighted by molar-refractivity contribution is 7.99. The van der Waals surface area contributed by atoms with E-state index in [1.165, 1.54) is 16.7 Å². The van der Waals surface area contributed by atoms with Gasteiger partial charge in [0, 0.05) is 18.8 Å². The molecule has 25 heavy (non-hydrogen) atoms. The molecule has 1 N–H and O–H groups in total. The molecule has 2 rings (SSSR count). The molecular formula is C20H30N4S. The third-order valence-electron chi connectivity index (χ3n) is 4.23. The first-order valence-electron chi connectivity index (χ1n) is 9.02. The molecule has 0 saturated carbocycles. The van der Waals surface area contributed by atoms with E-state index in [1.54, 1.807) is 11.8 Å². The summed E-state index contributed by atoms with van der Waals surface area (Å²) in [6, 6.07) is 4.42. The topological polar surface area (TPSA) is 41.1 Å². The predicted molar refractivity (Wildman–Crippen MR) is 111 cm³/mol. The fourth-order valence-corrected chi connectivity index (χ4v) is 3.97. The van der Waals surface area contributed by atoms with Gasteiger partial charge in [0.2, 0.25) is 0 Å². The summed E-state index contributed by atoms with van der Waals surface area (Å²) in [5.41, 5.74) is 4.91. The number of aryl methyl sites for hydroxylation is 4. The molecule has 0 aliphatic heterocycles. The van der Waals surface area contributed by atoms with Crippen LogP contribution in [0.5, 0.6) is 0 Å². The Morgan fingerprint density at radius 3 is 2.08 bits per heavy atom. The number of anilines is 3. The molecule has 0 aliphatic carbocycles. The Morgan fingerprint density at radius 2 is 1.56 bits per heavy atom. The molecule has 0 aliphatic rings. The molecule has 2 aromatic rings. The Bertz CT molecular complexity index is 716. The summed E-state index contributed by atoms with van der Waals surface area (Å²) in [6.07, 6.45) is 0. The highest BCUT2D eigenvalue weighted by Crippen LogP contribution is 2.37. The Morgan fingerprint density at radius 1 is 0.960 bits per heavy atom. The zero-order valence-electron chi connectivity index (χ0n) is 16.5. The summed E-state index contributed by atoms with van der Waals surface area (Å²) in [5.74, 6) is 3.74. The maximum absolute atomic E-state index is 4.75. The van der Waals surface area contributed by atoms with Crippen molar-refractivity contribution in [3.63, 3.8) is 0 Å². The first kappa shape index (κ1) is 19.6. The monoisotopic (exact) mass is 358 g/mol. The van der Waals surface area contributed by atoms with Gasteiger partial charge in [-0.15, -0.1) is 11.8 Å². The van der Waals surface area contributed by atoms with Crippen LogP contribution in [-0.2, 0) is 0 Å². The van der Waals surface area contributed by atoms with Gasteiger partial charge in [-0.25, -0.2) is 9.97 Å². The van der Waals surface area contributed by atoms with E-state index in [0.717, 1.165) is 46.9 Å². The lowest BCUT2D eigenvalue weighted by Crippen LogP contribution is -2.24. The predicted octanol–water partition coefficient (Wildman–Crippen LogP) is 5.41. The fourth-order valence-electron chi connectivity index (χ4n) is 3.14. The normalized spacial score (nSPS) is 10.8. The number of nitrogens with zero attached hydrogens (tertiary/aromatic N) is 3. The van der Waals surface area contributed by atoms with Crippen LogP contribution in [0.25, 0.3) is 0 Å². The van der Waals surface area contributed by atoms with Crippen molar-refractivity contribution in [1.82, 2.24) is 9.97 Å². The number of hydrogen-bond acceptors (Lipinski definition) is 5. The summed E-state index contributed by atoms with van der Waals surface area (Å²) in [4.78, 5) is 12.9. The zero-order valence-corrected chi connectivity index (χ0v) is 17.3. The quantitative estimate of drug-likeness (QED) is 0.670. The van der Waals surface area contributed by atoms with Crippen molar-refractivity contribution in [2.75, 3.05) is 29.1 Å². The first-order valence-corrected chi connectivity index (χ1v) is 10.0. The van der Waals surface area contributed by atoms with E-state index in [-0.39, 0.29) is 0 Å². The summed E-state index contributed by atoms with van der Waals surface area (Å²) >= 11 is 1.80. The molecule has 4 nitrogen and oxygen atoms in total. The maximum atomic E-state index is 4.75. The van der Waals surface area contributed by atoms with Crippen molar-refractivity contribution in [3.05, 3.63) is 34.6 Å². The van der Waals surface area contributed by atoms with Gasteiger partial charge in [-0.1, -0.05) is 24.6 Å². The van der Waals surface area contributed by atoms with Crippen LogP contribution in [0.15, 0.2) is 17.0 Å².